The molecule has 1 saturated heterocycles. The summed E-state index contributed by atoms with van der Waals surface area (Å²) >= 11 is 18.1. The molecule has 1 heterocycles. The third kappa shape index (κ3) is 5.01. The van der Waals surface area contributed by atoms with Gasteiger partial charge in [0.05, 0.1) is 10.0 Å². The van der Waals surface area contributed by atoms with Crippen molar-refractivity contribution in [2.75, 3.05) is 26.2 Å². The van der Waals surface area contributed by atoms with Crippen molar-refractivity contribution in [1.82, 2.24) is 9.80 Å². The predicted molar refractivity (Wildman–Crippen MR) is 109 cm³/mol. The fourth-order valence-corrected chi connectivity index (χ4v) is 3.42. The van der Waals surface area contributed by atoms with Gasteiger partial charge in [0.1, 0.15) is 0 Å². The molecule has 26 heavy (non-hydrogen) atoms. The Balaban J connectivity index is 1.52. The van der Waals surface area contributed by atoms with Crippen LogP contribution in [-0.2, 0) is 11.3 Å². The normalized spacial score (nSPS) is 15.6. The van der Waals surface area contributed by atoms with E-state index < -0.39 is 0 Å². The molecule has 0 bridgehead atoms. The SMILES string of the molecule is O=C(/C=C/c1ccccc1Cl)N1CCN(Cc2ccc(Cl)c(Cl)c2)CC1. The summed E-state index contributed by atoms with van der Waals surface area (Å²) in [6.45, 7) is 3.85. The fraction of sp³-hybridized carbons (Fsp3) is 0.250. The minimum Gasteiger partial charge on any atom is -0.337 e. The van der Waals surface area contributed by atoms with Crippen molar-refractivity contribution in [1.29, 1.82) is 0 Å². The summed E-state index contributed by atoms with van der Waals surface area (Å²) in [4.78, 5) is 16.5. The van der Waals surface area contributed by atoms with Crippen molar-refractivity contribution >= 4 is 46.8 Å². The minimum atomic E-state index is 0.0131. The lowest BCUT2D eigenvalue weighted by Crippen LogP contribution is -2.47. The monoisotopic (exact) mass is 408 g/mol. The Hall–Kier alpha value is -1.52. The van der Waals surface area contributed by atoms with Gasteiger partial charge < -0.3 is 4.90 Å². The topological polar surface area (TPSA) is 23.6 Å². The van der Waals surface area contributed by atoms with Gasteiger partial charge in [-0.3, -0.25) is 9.69 Å². The van der Waals surface area contributed by atoms with Crippen molar-refractivity contribution in [3.63, 3.8) is 0 Å². The van der Waals surface area contributed by atoms with Crippen LogP contribution in [0.2, 0.25) is 15.1 Å². The second-order valence-electron chi connectivity index (χ2n) is 6.20. The highest BCUT2D eigenvalue weighted by molar-refractivity contribution is 6.42. The van der Waals surface area contributed by atoms with E-state index in [1.54, 1.807) is 12.2 Å². The maximum atomic E-state index is 12.4. The molecule has 6 heteroatoms. The van der Waals surface area contributed by atoms with Gasteiger partial charge in [0.2, 0.25) is 5.91 Å². The molecule has 0 N–H and O–H groups in total. The van der Waals surface area contributed by atoms with Crippen molar-refractivity contribution < 1.29 is 4.79 Å². The van der Waals surface area contributed by atoms with Crippen molar-refractivity contribution in [3.8, 4) is 0 Å². The highest BCUT2D eigenvalue weighted by Gasteiger charge is 2.19. The first-order valence-corrected chi connectivity index (χ1v) is 9.54. The van der Waals surface area contributed by atoms with E-state index in [4.69, 9.17) is 34.8 Å². The van der Waals surface area contributed by atoms with Gasteiger partial charge in [0, 0.05) is 43.8 Å². The first kappa shape index (κ1) is 19.2. The zero-order valence-electron chi connectivity index (χ0n) is 14.2. The Morgan fingerprint density at radius 2 is 1.65 bits per heavy atom. The number of nitrogens with zero attached hydrogens (tertiary/aromatic N) is 2. The molecule has 1 aliphatic rings. The average Bonchev–Trinajstić information content (AvgIpc) is 2.64. The van der Waals surface area contributed by atoms with Gasteiger partial charge in [-0.05, 0) is 35.4 Å². The van der Waals surface area contributed by atoms with E-state index in [1.165, 1.54) is 0 Å². The summed E-state index contributed by atoms with van der Waals surface area (Å²) in [5, 5.41) is 1.78. The van der Waals surface area contributed by atoms with Crippen molar-refractivity contribution in [2.24, 2.45) is 0 Å². The Morgan fingerprint density at radius 3 is 2.35 bits per heavy atom. The number of hydrogen-bond donors (Lipinski definition) is 0. The molecule has 136 valence electrons. The summed E-state index contributed by atoms with van der Waals surface area (Å²) in [5.74, 6) is 0.0131. The molecule has 3 nitrogen and oxygen atoms in total. The fourth-order valence-electron chi connectivity index (χ4n) is 2.90. The van der Waals surface area contributed by atoms with Gasteiger partial charge in [-0.1, -0.05) is 59.1 Å². The van der Waals surface area contributed by atoms with E-state index >= 15 is 0 Å². The Kier molecular flexibility index (Phi) is 6.60. The molecule has 0 radical (unpaired) electrons. The minimum absolute atomic E-state index is 0.0131. The number of carbonyl (C=O) groups is 1. The van der Waals surface area contributed by atoms with Crippen molar-refractivity contribution in [2.45, 2.75) is 6.54 Å². The van der Waals surface area contributed by atoms with Gasteiger partial charge in [-0.25, -0.2) is 0 Å². The summed E-state index contributed by atoms with van der Waals surface area (Å²) in [7, 11) is 0. The van der Waals surface area contributed by atoms with E-state index in [0.717, 1.165) is 30.8 Å². The van der Waals surface area contributed by atoms with Crippen LogP contribution >= 0.6 is 34.8 Å². The van der Waals surface area contributed by atoms with Gasteiger partial charge in [-0.2, -0.15) is 0 Å². The molecule has 0 aliphatic carbocycles. The number of carbonyl (C=O) groups excluding carboxylic acids is 1. The van der Waals surface area contributed by atoms with Crippen LogP contribution in [0, 0.1) is 0 Å². The second kappa shape index (κ2) is 8.92. The Bertz CT molecular complexity index is 814. The maximum absolute atomic E-state index is 12.4. The summed E-state index contributed by atoms with van der Waals surface area (Å²) < 4.78 is 0. The van der Waals surface area contributed by atoms with Crippen LogP contribution in [0.25, 0.3) is 6.08 Å². The molecule has 0 aromatic heterocycles. The summed E-state index contributed by atoms with van der Waals surface area (Å²) in [6, 6.07) is 13.2. The molecule has 3 rings (SSSR count). The largest absolute Gasteiger partial charge is 0.337 e. The number of benzene rings is 2. The van der Waals surface area contributed by atoms with Crippen LogP contribution < -0.4 is 0 Å². The third-order valence-corrected chi connectivity index (χ3v) is 5.47. The molecule has 0 spiro atoms. The van der Waals surface area contributed by atoms with Crippen LogP contribution in [0.5, 0.6) is 0 Å². The molecule has 0 unspecified atom stereocenters. The van der Waals surface area contributed by atoms with Gasteiger partial charge >= 0.3 is 0 Å². The Morgan fingerprint density at radius 1 is 0.923 bits per heavy atom. The van der Waals surface area contributed by atoms with Crippen LogP contribution in [0.3, 0.4) is 0 Å². The molecular formula is C20H19Cl3N2O. The van der Waals surface area contributed by atoms with Gasteiger partial charge in [-0.15, -0.1) is 0 Å². The Labute approximate surface area is 168 Å². The van der Waals surface area contributed by atoms with E-state index in [0.29, 0.717) is 28.2 Å². The first-order valence-electron chi connectivity index (χ1n) is 8.41. The van der Waals surface area contributed by atoms with E-state index in [1.807, 2.05) is 47.4 Å². The van der Waals surface area contributed by atoms with E-state index in [-0.39, 0.29) is 5.91 Å². The first-order chi connectivity index (χ1) is 12.5. The molecule has 1 amide bonds. The lowest BCUT2D eigenvalue weighted by atomic mass is 10.2. The van der Waals surface area contributed by atoms with E-state index in [2.05, 4.69) is 4.90 Å². The molecule has 0 saturated carbocycles. The van der Waals surface area contributed by atoms with Crippen LogP contribution in [-0.4, -0.2) is 41.9 Å². The molecular weight excluding hydrogens is 391 g/mol. The molecule has 0 atom stereocenters. The zero-order valence-corrected chi connectivity index (χ0v) is 16.4. The lowest BCUT2D eigenvalue weighted by Gasteiger charge is -2.34. The lowest BCUT2D eigenvalue weighted by molar-refractivity contribution is -0.127. The summed E-state index contributed by atoms with van der Waals surface area (Å²) in [5.41, 5.74) is 1.97. The smallest absolute Gasteiger partial charge is 0.246 e. The molecule has 2 aromatic carbocycles. The van der Waals surface area contributed by atoms with E-state index in [9.17, 15) is 4.79 Å². The van der Waals surface area contributed by atoms with Gasteiger partial charge in [0.25, 0.3) is 0 Å². The zero-order chi connectivity index (χ0) is 18.5. The molecule has 2 aromatic rings. The van der Waals surface area contributed by atoms with Crippen LogP contribution in [0.4, 0.5) is 0 Å². The number of piperazine rings is 1. The number of amides is 1. The number of rotatable bonds is 4. The number of halogens is 3. The average molecular weight is 410 g/mol. The van der Waals surface area contributed by atoms with Gasteiger partial charge in [0.15, 0.2) is 0 Å². The summed E-state index contributed by atoms with van der Waals surface area (Å²) in [6.07, 6.45) is 3.36. The standard InChI is InChI=1S/C20H19Cl3N2O/c21-17-4-2-1-3-16(17)6-8-20(26)25-11-9-24(10-12-25)14-15-5-7-18(22)19(23)13-15/h1-8,13H,9-12,14H2/b8-6+. The quantitative estimate of drug-likeness (QED) is 0.663. The maximum Gasteiger partial charge on any atom is 0.246 e. The highest BCUT2D eigenvalue weighted by atomic mass is 35.5. The molecule has 1 fully saturated rings. The van der Waals surface area contributed by atoms with Crippen LogP contribution in [0.15, 0.2) is 48.5 Å². The molecule has 1 aliphatic heterocycles. The predicted octanol–water partition coefficient (Wildman–Crippen LogP) is 5.00. The van der Waals surface area contributed by atoms with Crippen LogP contribution in [0.1, 0.15) is 11.1 Å². The highest BCUT2D eigenvalue weighted by Crippen LogP contribution is 2.23. The third-order valence-electron chi connectivity index (χ3n) is 4.38. The second-order valence-corrected chi connectivity index (χ2v) is 7.43. The number of hydrogen-bond acceptors (Lipinski definition) is 2. The van der Waals surface area contributed by atoms with Crippen molar-refractivity contribution in [3.05, 3.63) is 74.7 Å².